The normalized spacial score (nSPS) is 20.5. The monoisotopic (exact) mass is 528 g/mol. The van der Waals surface area contributed by atoms with Crippen LogP contribution < -0.4 is 9.65 Å². The lowest BCUT2D eigenvalue weighted by molar-refractivity contribution is 0.00578. The Morgan fingerprint density at radius 1 is 1.06 bits per heavy atom. The molecule has 0 aliphatic carbocycles. The van der Waals surface area contributed by atoms with Crippen LogP contribution in [0.15, 0.2) is 6.07 Å². The molecule has 2 heterocycles. The number of benzene rings is 1. The molecule has 0 saturated carbocycles. The van der Waals surface area contributed by atoms with Gasteiger partial charge in [-0.2, -0.15) is 8.42 Å². The molecule has 2 aliphatic rings. The van der Waals surface area contributed by atoms with E-state index in [1.807, 2.05) is 54.5 Å². The van der Waals surface area contributed by atoms with Gasteiger partial charge in [0.1, 0.15) is 5.60 Å². The molecule has 3 rings (SSSR count). The lowest BCUT2D eigenvalue weighted by atomic mass is 9.74. The van der Waals surface area contributed by atoms with Gasteiger partial charge in [0.2, 0.25) is 0 Å². The maximum atomic E-state index is 13.6. The van der Waals surface area contributed by atoms with Crippen LogP contribution in [0.25, 0.3) is 0 Å². The molecule has 0 atom stereocenters. The Kier molecular flexibility index (Phi) is 7.79. The second-order valence-electron chi connectivity index (χ2n) is 11.5. The molecule has 2 saturated heterocycles. The van der Waals surface area contributed by atoms with Crippen molar-refractivity contribution in [1.29, 1.82) is 0 Å². The molecule has 0 unspecified atom stereocenters. The van der Waals surface area contributed by atoms with Gasteiger partial charge < -0.3 is 23.1 Å². The highest BCUT2D eigenvalue weighted by molar-refractivity contribution is 7.81. The fourth-order valence-corrected chi connectivity index (χ4v) is 4.67. The van der Waals surface area contributed by atoms with Crippen molar-refractivity contribution in [1.82, 2.24) is 9.80 Å². The minimum absolute atomic E-state index is 0.0629. The first-order valence-corrected chi connectivity index (χ1v) is 13.4. The van der Waals surface area contributed by atoms with E-state index >= 15 is 0 Å². The summed E-state index contributed by atoms with van der Waals surface area (Å²) in [5.74, 6) is -0.0629. The Bertz CT molecular complexity index is 1090. The molecule has 1 amide bonds. The molecule has 2 aliphatic heterocycles. The minimum Gasteiger partial charge on any atom is -0.444 e. The zero-order chi connectivity index (χ0) is 27.3. The molecular weight excluding hydrogens is 490 g/mol. The Labute approximate surface area is 214 Å². The second-order valence-corrected chi connectivity index (χ2v) is 12.5. The molecule has 1 aromatic carbocycles. The maximum absolute atomic E-state index is 13.6. The lowest BCUT2D eigenvalue weighted by Crippen LogP contribution is -2.49. The van der Waals surface area contributed by atoms with Gasteiger partial charge in [-0.05, 0) is 84.5 Å². The zero-order valence-electron chi connectivity index (χ0n) is 22.7. The van der Waals surface area contributed by atoms with E-state index in [1.54, 1.807) is 18.7 Å². The molecule has 0 spiro atoms. The lowest BCUT2D eigenvalue weighted by Gasteiger charge is -2.36. The predicted octanol–water partition coefficient (Wildman–Crippen LogP) is 3.25. The highest BCUT2D eigenvalue weighted by Crippen LogP contribution is 2.38. The fourth-order valence-electron chi connectivity index (χ4n) is 4.22. The van der Waals surface area contributed by atoms with E-state index in [2.05, 4.69) is 4.90 Å². The van der Waals surface area contributed by atoms with Crippen LogP contribution in [0.5, 0.6) is 5.75 Å². The quantitative estimate of drug-likeness (QED) is 0.425. The van der Waals surface area contributed by atoms with Crippen LogP contribution in [0.1, 0.15) is 65.2 Å². The Morgan fingerprint density at radius 2 is 1.58 bits per heavy atom. The summed E-state index contributed by atoms with van der Waals surface area (Å²) in [6, 6.07) is 1.91. The first-order chi connectivity index (χ1) is 16.3. The number of amides is 1. The first-order valence-electron chi connectivity index (χ1n) is 12.1. The van der Waals surface area contributed by atoms with Crippen LogP contribution in [-0.4, -0.2) is 74.4 Å². The third-order valence-electron chi connectivity index (χ3n) is 7.03. The molecule has 0 N–H and O–H groups in total. The zero-order valence-corrected chi connectivity index (χ0v) is 23.5. The molecule has 202 valence electrons. The largest absolute Gasteiger partial charge is 0.495 e. The van der Waals surface area contributed by atoms with Gasteiger partial charge in [0.05, 0.1) is 11.2 Å². The third kappa shape index (κ3) is 6.51. The van der Waals surface area contributed by atoms with E-state index in [0.717, 1.165) is 5.56 Å². The first kappa shape index (κ1) is 28.7. The highest BCUT2D eigenvalue weighted by Gasteiger charge is 2.52. The van der Waals surface area contributed by atoms with Crippen molar-refractivity contribution in [2.45, 2.75) is 85.7 Å². The number of nitrogens with zero attached hydrogens (tertiary/aromatic N) is 2. The summed E-state index contributed by atoms with van der Waals surface area (Å²) < 4.78 is 59.1. The maximum Gasteiger partial charge on any atom is 0.495 e. The molecule has 0 bridgehead atoms. The topological polar surface area (TPSA) is 94.6 Å². The van der Waals surface area contributed by atoms with Crippen LogP contribution >= 0.6 is 0 Å². The van der Waals surface area contributed by atoms with E-state index in [4.69, 9.17) is 18.2 Å². The number of halogens is 1. The number of hydrogen-bond acceptors (Lipinski definition) is 8. The summed E-state index contributed by atoms with van der Waals surface area (Å²) in [5, 5.41) is 0. The van der Waals surface area contributed by atoms with Crippen molar-refractivity contribution in [2.75, 3.05) is 26.2 Å². The van der Waals surface area contributed by atoms with Gasteiger partial charge in [-0.15, -0.1) is 0 Å². The van der Waals surface area contributed by atoms with Crippen molar-refractivity contribution < 1.29 is 35.3 Å². The Hall–Kier alpha value is -1.89. The third-order valence-corrected chi connectivity index (χ3v) is 7.40. The predicted molar refractivity (Wildman–Crippen MR) is 135 cm³/mol. The summed E-state index contributed by atoms with van der Waals surface area (Å²) in [7, 11) is -6.02. The SMILES string of the molecule is Cc1c(CN2CCN(C(=O)OC(C)(C)C)CC2)cc(B2OC(C)(C)C(C)(C)O2)c(C)c1OS(=O)(=O)F. The molecule has 36 heavy (non-hydrogen) atoms. The van der Waals surface area contributed by atoms with Crippen LogP contribution in [0.4, 0.5) is 8.68 Å². The van der Waals surface area contributed by atoms with Crippen molar-refractivity contribution in [3.8, 4) is 5.75 Å². The molecular formula is C24H38BFN2O7S. The molecule has 9 nitrogen and oxygen atoms in total. The summed E-state index contributed by atoms with van der Waals surface area (Å²) in [4.78, 5) is 16.2. The van der Waals surface area contributed by atoms with Gasteiger partial charge in [0.25, 0.3) is 0 Å². The average molecular weight is 528 g/mol. The van der Waals surface area contributed by atoms with Crippen LogP contribution in [0.2, 0.25) is 0 Å². The molecule has 2 fully saturated rings. The van der Waals surface area contributed by atoms with E-state index in [-0.39, 0.29) is 11.8 Å². The van der Waals surface area contributed by atoms with Crippen LogP contribution in [-0.2, 0) is 31.1 Å². The Morgan fingerprint density at radius 3 is 2.06 bits per heavy atom. The summed E-state index contributed by atoms with van der Waals surface area (Å²) in [6.45, 7) is 19.2. The molecule has 0 radical (unpaired) electrons. The van der Waals surface area contributed by atoms with Gasteiger partial charge >= 0.3 is 23.7 Å². The smallest absolute Gasteiger partial charge is 0.444 e. The fraction of sp³-hybridized carbons (Fsp3) is 0.708. The minimum atomic E-state index is -5.24. The summed E-state index contributed by atoms with van der Waals surface area (Å²) in [6.07, 6.45) is -0.347. The van der Waals surface area contributed by atoms with Gasteiger partial charge in [-0.3, -0.25) is 4.90 Å². The van der Waals surface area contributed by atoms with E-state index in [0.29, 0.717) is 49.3 Å². The van der Waals surface area contributed by atoms with Crippen molar-refractivity contribution in [2.24, 2.45) is 0 Å². The van der Waals surface area contributed by atoms with Crippen molar-refractivity contribution in [3.63, 3.8) is 0 Å². The number of carbonyl (C=O) groups is 1. The number of hydrogen-bond donors (Lipinski definition) is 0. The van der Waals surface area contributed by atoms with Crippen LogP contribution in [0.3, 0.4) is 0 Å². The van der Waals surface area contributed by atoms with Gasteiger partial charge in [-0.1, -0.05) is 9.95 Å². The van der Waals surface area contributed by atoms with Crippen LogP contribution in [0, 0.1) is 13.8 Å². The molecule has 1 aromatic rings. The van der Waals surface area contributed by atoms with E-state index in [9.17, 15) is 17.1 Å². The van der Waals surface area contributed by atoms with Crippen molar-refractivity contribution in [3.05, 3.63) is 22.8 Å². The van der Waals surface area contributed by atoms with E-state index < -0.39 is 34.4 Å². The van der Waals surface area contributed by atoms with Crippen molar-refractivity contribution >= 4 is 29.2 Å². The van der Waals surface area contributed by atoms with Gasteiger partial charge in [-0.25, -0.2) is 4.79 Å². The van der Waals surface area contributed by atoms with Gasteiger partial charge in [0.15, 0.2) is 5.75 Å². The van der Waals surface area contributed by atoms with Gasteiger partial charge in [0, 0.05) is 32.7 Å². The molecule has 0 aromatic heterocycles. The average Bonchev–Trinajstić information content (AvgIpc) is 2.92. The number of rotatable bonds is 5. The Balaban J connectivity index is 1.87. The summed E-state index contributed by atoms with van der Waals surface area (Å²) >= 11 is 0. The number of ether oxygens (including phenoxy) is 1. The van der Waals surface area contributed by atoms with E-state index in [1.165, 1.54) is 0 Å². The standard InChI is InChI=1S/C24H38BFN2O7S/c1-16-18(15-27-10-12-28(13-11-27)21(29)32-22(3,4)5)14-19(17(2)20(16)33-36(26,30)31)25-34-23(6,7)24(8,9)35-25/h14H,10-13,15H2,1-9H3. The number of piperazine rings is 1. The molecule has 12 heteroatoms. The second kappa shape index (κ2) is 9.77. The highest BCUT2D eigenvalue weighted by atomic mass is 32.3. The number of carbonyl (C=O) groups excluding carboxylic acids is 1. The summed E-state index contributed by atoms with van der Waals surface area (Å²) in [5.41, 5.74) is 0.509.